The van der Waals surface area contributed by atoms with Crippen LogP contribution in [0.2, 0.25) is 0 Å². The fraction of sp³-hybridized carbons (Fsp3) is 1.00. The van der Waals surface area contributed by atoms with Crippen LogP contribution in [0, 0.1) is 23.7 Å². The second kappa shape index (κ2) is 16.5. The van der Waals surface area contributed by atoms with Gasteiger partial charge in [-0.3, -0.25) is 0 Å². The molecule has 0 amide bonds. The molecular weight excluding hydrogens is 288 g/mol. The third-order valence-corrected chi connectivity index (χ3v) is 5.60. The summed E-state index contributed by atoms with van der Waals surface area (Å²) >= 11 is 0. The van der Waals surface area contributed by atoms with Crippen LogP contribution in [0.5, 0.6) is 0 Å². The molecule has 0 unspecified atom stereocenters. The summed E-state index contributed by atoms with van der Waals surface area (Å²) in [6.07, 6.45) is 20.4. The Hall–Kier alpha value is 0. The molecule has 2 atom stereocenters. The lowest BCUT2D eigenvalue weighted by molar-refractivity contribution is 0.408. The van der Waals surface area contributed by atoms with Crippen LogP contribution in [-0.2, 0) is 0 Å². The largest absolute Gasteiger partial charge is 0.0628 e. The molecule has 0 aliphatic carbocycles. The minimum absolute atomic E-state index is 0.884. The Balaban J connectivity index is 3.27. The van der Waals surface area contributed by atoms with Crippen LogP contribution in [0.3, 0.4) is 0 Å². The molecule has 0 aliphatic heterocycles. The molecule has 0 N–H and O–H groups in total. The van der Waals surface area contributed by atoms with E-state index in [2.05, 4.69) is 41.5 Å². The van der Waals surface area contributed by atoms with E-state index in [1.165, 1.54) is 89.9 Å². The van der Waals surface area contributed by atoms with Crippen LogP contribution in [0.4, 0.5) is 0 Å². The first-order valence-corrected chi connectivity index (χ1v) is 11.4. The van der Waals surface area contributed by atoms with E-state index in [4.69, 9.17) is 0 Å². The molecule has 146 valence electrons. The van der Waals surface area contributed by atoms with E-state index in [0.717, 1.165) is 23.7 Å². The first-order chi connectivity index (χ1) is 11.4. The van der Waals surface area contributed by atoms with E-state index in [1.54, 1.807) is 0 Å². The summed E-state index contributed by atoms with van der Waals surface area (Å²) in [5.74, 6) is 3.68. The second-order valence-corrected chi connectivity index (χ2v) is 9.56. The zero-order valence-corrected chi connectivity index (χ0v) is 18.2. The lowest BCUT2D eigenvalue weighted by atomic mass is 9.94. The van der Waals surface area contributed by atoms with Crippen molar-refractivity contribution in [2.75, 3.05) is 0 Å². The molecule has 0 aliphatic rings. The van der Waals surface area contributed by atoms with Gasteiger partial charge in [0.25, 0.3) is 0 Å². The molecule has 0 rings (SSSR count). The molecule has 0 radical (unpaired) electrons. The van der Waals surface area contributed by atoms with Gasteiger partial charge in [0.15, 0.2) is 0 Å². The third kappa shape index (κ3) is 18.3. The summed E-state index contributed by atoms with van der Waals surface area (Å²) < 4.78 is 0. The van der Waals surface area contributed by atoms with Crippen LogP contribution in [0.25, 0.3) is 0 Å². The van der Waals surface area contributed by atoms with Crippen molar-refractivity contribution in [1.29, 1.82) is 0 Å². The van der Waals surface area contributed by atoms with Crippen LogP contribution >= 0.6 is 0 Å². The Morgan fingerprint density at radius 3 is 0.958 bits per heavy atom. The van der Waals surface area contributed by atoms with Gasteiger partial charge in [-0.2, -0.15) is 0 Å². The fourth-order valence-electron chi connectivity index (χ4n) is 3.73. The Bertz CT molecular complexity index is 214. The molecule has 0 aromatic carbocycles. The third-order valence-electron chi connectivity index (χ3n) is 5.60. The van der Waals surface area contributed by atoms with Crippen molar-refractivity contribution < 1.29 is 0 Å². The van der Waals surface area contributed by atoms with Gasteiger partial charge in [0.05, 0.1) is 0 Å². The van der Waals surface area contributed by atoms with Gasteiger partial charge in [0, 0.05) is 0 Å². The van der Waals surface area contributed by atoms with Gasteiger partial charge in [-0.05, 0) is 23.7 Å². The summed E-state index contributed by atoms with van der Waals surface area (Å²) in [4.78, 5) is 0. The van der Waals surface area contributed by atoms with Crippen molar-refractivity contribution in [3.63, 3.8) is 0 Å². The Morgan fingerprint density at radius 2 is 0.625 bits per heavy atom. The van der Waals surface area contributed by atoms with Crippen LogP contribution in [0.1, 0.15) is 131 Å². The van der Waals surface area contributed by atoms with Crippen molar-refractivity contribution in [1.82, 2.24) is 0 Å². The molecular formula is C24H50. The van der Waals surface area contributed by atoms with E-state index in [0.29, 0.717) is 0 Å². The molecule has 24 heavy (non-hydrogen) atoms. The summed E-state index contributed by atoms with van der Waals surface area (Å²) in [5.41, 5.74) is 0. The van der Waals surface area contributed by atoms with E-state index in [9.17, 15) is 0 Å². The summed E-state index contributed by atoms with van der Waals surface area (Å²) in [7, 11) is 0. The zero-order valence-electron chi connectivity index (χ0n) is 18.2. The molecule has 0 spiro atoms. The van der Waals surface area contributed by atoms with E-state index < -0.39 is 0 Å². The minimum atomic E-state index is 0.884. The molecule has 0 aromatic rings. The SMILES string of the molecule is CC(C)CCC[C@H](C)CCCCCCCC[C@@H](C)CCCC(C)C. The molecule has 0 saturated carbocycles. The lowest BCUT2D eigenvalue weighted by Gasteiger charge is -2.13. The first-order valence-electron chi connectivity index (χ1n) is 11.4. The average Bonchev–Trinajstić information content (AvgIpc) is 2.49. The van der Waals surface area contributed by atoms with Crippen molar-refractivity contribution in [2.45, 2.75) is 131 Å². The predicted molar refractivity (Wildman–Crippen MR) is 113 cm³/mol. The Kier molecular flexibility index (Phi) is 16.5. The highest BCUT2D eigenvalue weighted by Crippen LogP contribution is 2.20. The molecule has 0 heteroatoms. The highest BCUT2D eigenvalue weighted by Gasteiger charge is 2.04. The number of hydrogen-bond donors (Lipinski definition) is 0. The van der Waals surface area contributed by atoms with Gasteiger partial charge in [-0.1, -0.05) is 131 Å². The van der Waals surface area contributed by atoms with Crippen molar-refractivity contribution >= 4 is 0 Å². The zero-order chi connectivity index (χ0) is 18.2. The van der Waals surface area contributed by atoms with Crippen LogP contribution < -0.4 is 0 Å². The molecule has 0 nitrogen and oxygen atoms in total. The van der Waals surface area contributed by atoms with Gasteiger partial charge in [-0.25, -0.2) is 0 Å². The topological polar surface area (TPSA) is 0 Å². The molecule has 0 fully saturated rings. The number of rotatable bonds is 17. The van der Waals surface area contributed by atoms with Gasteiger partial charge in [0.1, 0.15) is 0 Å². The minimum Gasteiger partial charge on any atom is -0.0628 e. The van der Waals surface area contributed by atoms with Gasteiger partial charge in [-0.15, -0.1) is 0 Å². The van der Waals surface area contributed by atoms with Crippen molar-refractivity contribution in [3.05, 3.63) is 0 Å². The molecule has 0 heterocycles. The van der Waals surface area contributed by atoms with Gasteiger partial charge >= 0.3 is 0 Å². The summed E-state index contributed by atoms with van der Waals surface area (Å²) in [5, 5.41) is 0. The maximum atomic E-state index is 2.46. The summed E-state index contributed by atoms with van der Waals surface area (Å²) in [6, 6.07) is 0. The predicted octanol–water partition coefficient (Wildman–Crippen LogP) is 9.03. The maximum Gasteiger partial charge on any atom is -0.0443 e. The number of unbranched alkanes of at least 4 members (excludes halogenated alkanes) is 5. The first kappa shape index (κ1) is 24.0. The Morgan fingerprint density at radius 1 is 0.333 bits per heavy atom. The smallest absolute Gasteiger partial charge is 0.0443 e. The van der Waals surface area contributed by atoms with Crippen LogP contribution in [-0.4, -0.2) is 0 Å². The standard InChI is InChI=1S/C24H50/c1-21(2)15-13-19-23(5)17-11-9-7-8-10-12-18-24(6)20-14-16-22(3)4/h21-24H,7-20H2,1-6H3/t23-,24-/m1/s1. The summed E-state index contributed by atoms with van der Waals surface area (Å²) in [6.45, 7) is 14.3. The van der Waals surface area contributed by atoms with Crippen molar-refractivity contribution in [2.24, 2.45) is 23.7 Å². The molecule has 0 saturated heterocycles. The normalized spacial score (nSPS) is 14.5. The molecule has 0 aromatic heterocycles. The van der Waals surface area contributed by atoms with E-state index in [-0.39, 0.29) is 0 Å². The Labute approximate surface area is 155 Å². The van der Waals surface area contributed by atoms with Gasteiger partial charge < -0.3 is 0 Å². The quantitative estimate of drug-likeness (QED) is 0.232. The lowest BCUT2D eigenvalue weighted by Crippen LogP contribution is -1.97. The fourth-order valence-corrected chi connectivity index (χ4v) is 3.73. The van der Waals surface area contributed by atoms with E-state index in [1.807, 2.05) is 0 Å². The maximum absolute atomic E-state index is 2.46. The highest BCUT2D eigenvalue weighted by molar-refractivity contribution is 4.58. The van der Waals surface area contributed by atoms with Crippen LogP contribution in [0.15, 0.2) is 0 Å². The van der Waals surface area contributed by atoms with Crippen molar-refractivity contribution in [3.8, 4) is 0 Å². The van der Waals surface area contributed by atoms with E-state index >= 15 is 0 Å². The monoisotopic (exact) mass is 338 g/mol. The average molecular weight is 339 g/mol. The highest BCUT2D eigenvalue weighted by atomic mass is 14.1. The second-order valence-electron chi connectivity index (χ2n) is 9.56. The number of hydrogen-bond acceptors (Lipinski definition) is 0. The van der Waals surface area contributed by atoms with Gasteiger partial charge in [0.2, 0.25) is 0 Å². The molecule has 0 bridgehead atoms.